The molecule has 0 fully saturated rings. The van der Waals surface area contributed by atoms with Crippen LogP contribution >= 0.6 is 0 Å². The summed E-state index contributed by atoms with van der Waals surface area (Å²) in [4.78, 5) is 0. The van der Waals surface area contributed by atoms with Crippen LogP contribution < -0.4 is 0 Å². The molecule has 0 bridgehead atoms. The van der Waals surface area contributed by atoms with Crippen LogP contribution in [0.25, 0.3) is 0 Å². The maximum atomic E-state index is 3.72. The second kappa shape index (κ2) is 27.1. The molecule has 3 aromatic carbocycles. The predicted octanol–water partition coefficient (Wildman–Crippen LogP) is 7.39. The Morgan fingerprint density at radius 2 is 0.760 bits per heavy atom. The molecule has 3 rings (SSSR count). The number of benzene rings is 2. The third kappa shape index (κ3) is 24.6. The van der Waals surface area contributed by atoms with Gasteiger partial charge in [-0.15, -0.1) is 24.3 Å². The van der Waals surface area contributed by atoms with Gasteiger partial charge in [0.25, 0.3) is 0 Å². The first-order valence-corrected chi connectivity index (χ1v) is 6.20. The minimum atomic E-state index is 0. The molecule has 0 aliphatic heterocycles. The second-order valence-electron chi connectivity index (χ2n) is 3.93. The van der Waals surface area contributed by atoms with E-state index in [4.69, 9.17) is 0 Å². The molecule has 0 aliphatic carbocycles. The zero-order valence-electron chi connectivity index (χ0n) is 16.6. The molecule has 0 saturated carbocycles. The fraction of sp³-hybridized carbons (Fsp3) is 0. The predicted molar refractivity (Wildman–Crippen MR) is 116 cm³/mol. The molecule has 0 nitrogen and oxygen atoms in total. The van der Waals surface area contributed by atoms with Crippen molar-refractivity contribution in [3.63, 3.8) is 0 Å². The van der Waals surface area contributed by atoms with E-state index in [1.165, 1.54) is 0 Å². The Hall–Kier alpha value is -1.76. The zero-order chi connectivity index (χ0) is 13.8. The van der Waals surface area contributed by atoms with E-state index in [1.54, 1.807) is 0 Å². The van der Waals surface area contributed by atoms with Crippen LogP contribution in [0.5, 0.6) is 0 Å². The summed E-state index contributed by atoms with van der Waals surface area (Å²) in [5.74, 6) is 0. The van der Waals surface area contributed by atoms with Gasteiger partial charge in [0, 0.05) is 21.7 Å². The molecule has 0 aliphatic rings. The van der Waals surface area contributed by atoms with Crippen molar-refractivity contribution in [2.45, 2.75) is 0 Å². The van der Waals surface area contributed by atoms with Gasteiger partial charge >= 0.3 is 0 Å². The number of rotatable bonds is 0. The molecule has 0 atom stereocenters. The summed E-state index contributed by atoms with van der Waals surface area (Å²) in [5.41, 5.74) is 2.14. The molecule has 3 aromatic rings. The van der Waals surface area contributed by atoms with Gasteiger partial charge in [-0.25, -0.2) is 12.1 Å². The Labute approximate surface area is 174 Å². The van der Waals surface area contributed by atoms with E-state index >= 15 is 0 Å². The van der Waals surface area contributed by atoms with Crippen LogP contribution in [0.3, 0.4) is 0 Å². The van der Waals surface area contributed by atoms with Gasteiger partial charge in [0.15, 0.2) is 0 Å². The largest absolute Gasteiger partial charge is 0.358 e. The maximum Gasteiger partial charge on any atom is 0 e. The molecule has 0 spiro atoms. The van der Waals surface area contributed by atoms with E-state index in [2.05, 4.69) is 13.8 Å². The maximum absolute atomic E-state index is 3.72. The molecular weight excluding hydrogens is 336 g/mol. The van der Waals surface area contributed by atoms with Crippen molar-refractivity contribution in [1.29, 1.82) is 0 Å². The minimum absolute atomic E-state index is 0. The Morgan fingerprint density at radius 3 is 0.880 bits per heavy atom. The molecule has 1 heteroatoms. The molecule has 25 heavy (non-hydrogen) atoms. The third-order valence-electron chi connectivity index (χ3n) is 2.24. The van der Waals surface area contributed by atoms with Crippen molar-refractivity contribution < 1.29 is 21.7 Å². The van der Waals surface area contributed by atoms with Gasteiger partial charge in [-0.05, 0) is 0 Å². The Balaban J connectivity index is -0.0000000488. The summed E-state index contributed by atoms with van der Waals surface area (Å²) >= 11 is 0. The van der Waals surface area contributed by atoms with Gasteiger partial charge in [-0.2, -0.15) is 67.4 Å². The van der Waals surface area contributed by atoms with Crippen LogP contribution in [0.1, 0.15) is 11.1 Å². The molecular formula is C24H34Ti-8. The van der Waals surface area contributed by atoms with E-state index < -0.39 is 0 Å². The van der Waals surface area contributed by atoms with E-state index in [0.717, 1.165) is 11.1 Å². The fourth-order valence-corrected chi connectivity index (χ4v) is 1.28. The van der Waals surface area contributed by atoms with E-state index in [-0.39, 0.29) is 58.9 Å². The third-order valence-corrected chi connectivity index (χ3v) is 2.24. The van der Waals surface area contributed by atoms with Gasteiger partial charge in [0.1, 0.15) is 0 Å². The average Bonchev–Trinajstić information content (AvgIpc) is 3.00. The van der Waals surface area contributed by atoms with E-state index in [1.807, 2.05) is 91.0 Å². The summed E-state index contributed by atoms with van der Waals surface area (Å²) in [6, 6.07) is 29.7. The Morgan fingerprint density at radius 1 is 0.480 bits per heavy atom. The van der Waals surface area contributed by atoms with Crippen LogP contribution in [0.4, 0.5) is 0 Å². The first kappa shape index (κ1) is 38.7. The van der Waals surface area contributed by atoms with Crippen LogP contribution in [0.15, 0.2) is 91.0 Å². The number of hydrogen-bond acceptors (Lipinski definition) is 0. The summed E-state index contributed by atoms with van der Waals surface area (Å²) in [6.45, 7) is 7.44. The molecule has 0 heterocycles. The van der Waals surface area contributed by atoms with Crippen LogP contribution in [0, 0.1) is 51.0 Å². The minimum Gasteiger partial charge on any atom is -0.358 e. The molecule has 0 unspecified atom stereocenters. The SMILES string of the molecule is [CH2-]c1ccccc1.[CH2-]c1ccccc1.[CH3-].[CH3-].[CH3-].[CH3-].[CH3-].[Ti].c1cc[cH-]c1. The van der Waals surface area contributed by atoms with Gasteiger partial charge in [-0.3, -0.25) is 0 Å². The van der Waals surface area contributed by atoms with Crippen molar-refractivity contribution >= 4 is 0 Å². The first-order valence-electron chi connectivity index (χ1n) is 6.20. The summed E-state index contributed by atoms with van der Waals surface area (Å²) < 4.78 is 0. The Bertz CT molecular complexity index is 444. The van der Waals surface area contributed by atoms with Crippen LogP contribution in [0.2, 0.25) is 0 Å². The smallest absolute Gasteiger partial charge is 0 e. The van der Waals surface area contributed by atoms with Crippen molar-refractivity contribution in [2.24, 2.45) is 0 Å². The van der Waals surface area contributed by atoms with Crippen molar-refractivity contribution in [3.8, 4) is 0 Å². The summed E-state index contributed by atoms with van der Waals surface area (Å²) in [6.07, 6.45) is 0. The van der Waals surface area contributed by atoms with Crippen LogP contribution in [-0.2, 0) is 21.7 Å². The standard InChI is InChI=1S/2C7H7.C5H5.5CH3.Ti/c2*1-7-5-3-2-4-6-7;1-2-4-5-3-1;;;;;;/h2*2-6H,1H2;1-5H;5*1H3;/q8*-1;. The van der Waals surface area contributed by atoms with Crippen LogP contribution in [-0.4, -0.2) is 0 Å². The topological polar surface area (TPSA) is 0 Å². The van der Waals surface area contributed by atoms with Crippen molar-refractivity contribution in [3.05, 3.63) is 153 Å². The quantitative estimate of drug-likeness (QED) is 0.286. The van der Waals surface area contributed by atoms with Gasteiger partial charge in [-0.1, -0.05) is 12.1 Å². The summed E-state index contributed by atoms with van der Waals surface area (Å²) in [7, 11) is 0. The molecule has 142 valence electrons. The Kier molecular flexibility index (Phi) is 41.9. The number of hydrogen-bond donors (Lipinski definition) is 0. The van der Waals surface area contributed by atoms with E-state index in [9.17, 15) is 0 Å². The first-order chi connectivity index (χ1) is 9.29. The molecule has 0 saturated heterocycles. The molecule has 0 N–H and O–H groups in total. The molecule has 0 radical (unpaired) electrons. The fourth-order valence-electron chi connectivity index (χ4n) is 1.28. The van der Waals surface area contributed by atoms with Gasteiger partial charge in [0.05, 0.1) is 0 Å². The van der Waals surface area contributed by atoms with E-state index in [0.29, 0.717) is 0 Å². The second-order valence-corrected chi connectivity index (χ2v) is 3.93. The zero-order valence-corrected chi connectivity index (χ0v) is 18.1. The summed E-state index contributed by atoms with van der Waals surface area (Å²) in [5, 5.41) is 0. The van der Waals surface area contributed by atoms with Gasteiger partial charge < -0.3 is 37.1 Å². The normalized spacial score (nSPS) is 6.40. The monoisotopic (exact) mass is 370 g/mol. The van der Waals surface area contributed by atoms with Crippen molar-refractivity contribution in [1.82, 2.24) is 0 Å². The molecule has 0 aromatic heterocycles. The van der Waals surface area contributed by atoms with Gasteiger partial charge in [0.2, 0.25) is 0 Å². The average molecular weight is 370 g/mol. The van der Waals surface area contributed by atoms with Crippen molar-refractivity contribution in [2.75, 3.05) is 0 Å². The molecule has 0 amide bonds.